The average molecular weight is 503 g/mol. The molecule has 0 radical (unpaired) electrons. The number of benzene rings is 1. The van der Waals surface area contributed by atoms with E-state index in [9.17, 15) is 4.79 Å². The highest BCUT2D eigenvalue weighted by molar-refractivity contribution is 14.0. The van der Waals surface area contributed by atoms with E-state index in [1.165, 1.54) is 5.69 Å². The van der Waals surface area contributed by atoms with E-state index in [1.54, 1.807) is 26.1 Å². The third-order valence-electron chi connectivity index (χ3n) is 4.55. The van der Waals surface area contributed by atoms with Crippen molar-refractivity contribution in [3.05, 3.63) is 24.3 Å². The first-order valence-electron chi connectivity index (χ1n) is 9.53. The number of carbonyl (C=O) groups excluding carboxylic acids is 1. The number of nitrogens with one attached hydrogen (secondary N) is 1. The van der Waals surface area contributed by atoms with Crippen molar-refractivity contribution >= 4 is 41.5 Å². The normalized spacial score (nSPS) is 14.6. The summed E-state index contributed by atoms with van der Waals surface area (Å²) in [5.41, 5.74) is 1.20. The van der Waals surface area contributed by atoms with E-state index in [1.807, 2.05) is 12.1 Å². The molecule has 158 valence electrons. The Kier molecular flexibility index (Phi) is 10.4. The fourth-order valence-electron chi connectivity index (χ4n) is 2.82. The maximum absolute atomic E-state index is 11.9. The average Bonchev–Trinajstić information content (AvgIpc) is 2.68. The molecule has 0 atom stereocenters. The quantitative estimate of drug-likeness (QED) is 0.366. The highest BCUT2D eigenvalue weighted by Gasteiger charge is 2.20. The molecule has 1 N–H and O–H groups in total. The van der Waals surface area contributed by atoms with Crippen LogP contribution in [0.3, 0.4) is 0 Å². The lowest BCUT2D eigenvalue weighted by molar-refractivity contribution is -0.127. The number of hydrogen-bond donors (Lipinski definition) is 1. The van der Waals surface area contributed by atoms with E-state index in [0.717, 1.165) is 44.4 Å². The topological polar surface area (TPSA) is 60.4 Å². The predicted molar refractivity (Wildman–Crippen MR) is 126 cm³/mol. The molecule has 0 bridgehead atoms. The fourth-order valence-corrected chi connectivity index (χ4v) is 2.82. The number of ether oxygens (including phenoxy) is 1. The van der Waals surface area contributed by atoms with Crippen molar-refractivity contribution in [1.82, 2.24) is 15.1 Å². The summed E-state index contributed by atoms with van der Waals surface area (Å²) in [6.45, 7) is 8.90. The number of anilines is 1. The number of nitrogens with zero attached hydrogens (tertiary/aromatic N) is 4. The van der Waals surface area contributed by atoms with Crippen LogP contribution < -0.4 is 15.0 Å². The zero-order valence-corrected chi connectivity index (χ0v) is 20.0. The fraction of sp³-hybridized carbons (Fsp3) is 0.600. The summed E-state index contributed by atoms with van der Waals surface area (Å²) in [5, 5.41) is 3.42. The van der Waals surface area contributed by atoms with Crippen LogP contribution in [-0.4, -0.2) is 82.1 Å². The molecule has 0 aliphatic carbocycles. The number of methoxy groups -OCH3 is 1. The summed E-state index contributed by atoms with van der Waals surface area (Å²) in [6.07, 6.45) is 0. The van der Waals surface area contributed by atoms with Crippen LogP contribution in [-0.2, 0) is 4.79 Å². The van der Waals surface area contributed by atoms with Crippen molar-refractivity contribution in [2.45, 2.75) is 13.8 Å². The van der Waals surface area contributed by atoms with Crippen LogP contribution in [0.4, 0.5) is 5.69 Å². The van der Waals surface area contributed by atoms with Gasteiger partial charge in [0, 0.05) is 52.5 Å². The number of rotatable bonds is 6. The van der Waals surface area contributed by atoms with Crippen LogP contribution in [0.5, 0.6) is 5.75 Å². The van der Waals surface area contributed by atoms with E-state index in [-0.39, 0.29) is 36.4 Å². The predicted octanol–water partition coefficient (Wildman–Crippen LogP) is 2.13. The molecule has 1 aromatic carbocycles. The first-order valence-corrected chi connectivity index (χ1v) is 9.53. The van der Waals surface area contributed by atoms with Gasteiger partial charge < -0.3 is 24.8 Å². The number of carbonyl (C=O) groups is 1. The van der Waals surface area contributed by atoms with Crippen molar-refractivity contribution in [1.29, 1.82) is 0 Å². The standard InChI is InChI=1S/C20H33N5O2.HI/c1-16(2)14-21-20(22-15-19(26)23(3)4)25-12-10-24(11-13-25)17-6-8-18(27-5)9-7-17;/h6-9,16H,10-15H2,1-5H3,(H,21,22);1H. The van der Waals surface area contributed by atoms with Crippen LogP contribution in [0.1, 0.15) is 13.8 Å². The molecule has 0 saturated carbocycles. The van der Waals surface area contributed by atoms with Crippen molar-refractivity contribution in [3.63, 3.8) is 0 Å². The monoisotopic (exact) mass is 503 g/mol. The Bertz CT molecular complexity index is 626. The maximum Gasteiger partial charge on any atom is 0.243 e. The SMILES string of the molecule is COc1ccc(N2CCN(C(=NCC(=O)N(C)C)NCC(C)C)CC2)cc1.I. The van der Waals surface area contributed by atoms with Gasteiger partial charge in [-0.25, -0.2) is 4.99 Å². The third-order valence-corrected chi connectivity index (χ3v) is 4.55. The summed E-state index contributed by atoms with van der Waals surface area (Å²) in [5.74, 6) is 2.22. The van der Waals surface area contributed by atoms with E-state index >= 15 is 0 Å². The minimum atomic E-state index is 0. The van der Waals surface area contributed by atoms with Gasteiger partial charge in [-0.3, -0.25) is 4.79 Å². The second kappa shape index (κ2) is 12.0. The molecule has 1 fully saturated rings. The number of aliphatic imine (C=N–C) groups is 1. The maximum atomic E-state index is 11.9. The van der Waals surface area contributed by atoms with Gasteiger partial charge in [-0.15, -0.1) is 24.0 Å². The molecule has 1 heterocycles. The molecule has 1 aliphatic rings. The van der Waals surface area contributed by atoms with E-state index in [4.69, 9.17) is 4.74 Å². The molecule has 28 heavy (non-hydrogen) atoms. The third kappa shape index (κ3) is 7.37. The Hall–Kier alpha value is -1.71. The number of likely N-dealkylation sites (N-methyl/N-ethyl adjacent to an activating group) is 1. The van der Waals surface area contributed by atoms with Gasteiger partial charge in [-0.2, -0.15) is 0 Å². The van der Waals surface area contributed by atoms with Crippen LogP contribution >= 0.6 is 24.0 Å². The van der Waals surface area contributed by atoms with Crippen molar-refractivity contribution in [2.24, 2.45) is 10.9 Å². The largest absolute Gasteiger partial charge is 0.497 e. The Morgan fingerprint density at radius 1 is 1.18 bits per heavy atom. The highest BCUT2D eigenvalue weighted by Crippen LogP contribution is 2.20. The Morgan fingerprint density at radius 2 is 1.79 bits per heavy atom. The van der Waals surface area contributed by atoms with Crippen LogP contribution in [0.15, 0.2) is 29.3 Å². The van der Waals surface area contributed by atoms with Gasteiger partial charge in [0.25, 0.3) is 0 Å². The number of amides is 1. The molecule has 0 unspecified atom stereocenters. The van der Waals surface area contributed by atoms with E-state index in [2.05, 4.69) is 46.1 Å². The van der Waals surface area contributed by atoms with Gasteiger partial charge in [-0.05, 0) is 30.2 Å². The van der Waals surface area contributed by atoms with E-state index < -0.39 is 0 Å². The molecule has 1 amide bonds. The zero-order chi connectivity index (χ0) is 19.8. The Balaban J connectivity index is 0.00000392. The van der Waals surface area contributed by atoms with E-state index in [0.29, 0.717) is 5.92 Å². The summed E-state index contributed by atoms with van der Waals surface area (Å²) < 4.78 is 5.23. The second-order valence-corrected chi connectivity index (χ2v) is 7.37. The van der Waals surface area contributed by atoms with Gasteiger partial charge in [0.15, 0.2) is 5.96 Å². The number of piperazine rings is 1. The molecule has 8 heteroatoms. The van der Waals surface area contributed by atoms with Crippen LogP contribution in [0.25, 0.3) is 0 Å². The van der Waals surface area contributed by atoms with Crippen molar-refractivity contribution in [2.75, 3.05) is 65.4 Å². The summed E-state index contributed by atoms with van der Waals surface area (Å²) in [7, 11) is 5.19. The Labute approximate surface area is 186 Å². The molecule has 0 aromatic heterocycles. The first-order chi connectivity index (χ1) is 12.9. The highest BCUT2D eigenvalue weighted by atomic mass is 127. The summed E-state index contributed by atoms with van der Waals surface area (Å²) >= 11 is 0. The molecular formula is C20H34IN5O2. The summed E-state index contributed by atoms with van der Waals surface area (Å²) in [4.78, 5) is 22.7. The number of hydrogen-bond acceptors (Lipinski definition) is 4. The molecule has 0 spiro atoms. The summed E-state index contributed by atoms with van der Waals surface area (Å²) in [6, 6.07) is 8.17. The van der Waals surface area contributed by atoms with Gasteiger partial charge in [0.05, 0.1) is 7.11 Å². The number of halogens is 1. The molecule has 7 nitrogen and oxygen atoms in total. The molecule has 1 saturated heterocycles. The lowest BCUT2D eigenvalue weighted by Gasteiger charge is -2.38. The van der Waals surface area contributed by atoms with Gasteiger partial charge in [-0.1, -0.05) is 13.8 Å². The van der Waals surface area contributed by atoms with Crippen LogP contribution in [0, 0.1) is 5.92 Å². The molecule has 2 rings (SSSR count). The lowest BCUT2D eigenvalue weighted by Crippen LogP contribution is -2.53. The van der Waals surface area contributed by atoms with Gasteiger partial charge >= 0.3 is 0 Å². The number of guanidine groups is 1. The van der Waals surface area contributed by atoms with Crippen molar-refractivity contribution in [3.8, 4) is 5.75 Å². The molecular weight excluding hydrogens is 469 g/mol. The smallest absolute Gasteiger partial charge is 0.243 e. The molecule has 1 aliphatic heterocycles. The first kappa shape index (κ1) is 24.3. The lowest BCUT2D eigenvalue weighted by atomic mass is 10.2. The minimum absolute atomic E-state index is 0. The second-order valence-electron chi connectivity index (χ2n) is 7.37. The van der Waals surface area contributed by atoms with Crippen molar-refractivity contribution < 1.29 is 9.53 Å². The molecule has 1 aromatic rings. The Morgan fingerprint density at radius 3 is 2.29 bits per heavy atom. The van der Waals surface area contributed by atoms with Gasteiger partial charge in [0.2, 0.25) is 5.91 Å². The van der Waals surface area contributed by atoms with Gasteiger partial charge in [0.1, 0.15) is 12.3 Å². The zero-order valence-electron chi connectivity index (χ0n) is 17.6. The van der Waals surface area contributed by atoms with Crippen LogP contribution in [0.2, 0.25) is 0 Å². The minimum Gasteiger partial charge on any atom is -0.497 e.